The van der Waals surface area contributed by atoms with Crippen LogP contribution in [0.1, 0.15) is 27.2 Å². The molecule has 8 heteroatoms. The summed E-state index contributed by atoms with van der Waals surface area (Å²) in [6.45, 7) is 3.45. The quantitative estimate of drug-likeness (QED) is 0.509. The molecule has 0 spiro atoms. The molecule has 21 heavy (non-hydrogen) atoms. The highest BCUT2D eigenvalue weighted by Crippen LogP contribution is 2.30. The Hall–Kier alpha value is -1.67. The van der Waals surface area contributed by atoms with E-state index in [0.717, 1.165) is 0 Å². The van der Waals surface area contributed by atoms with Crippen molar-refractivity contribution in [2.75, 3.05) is 6.61 Å². The zero-order valence-electron chi connectivity index (χ0n) is 12.1. The Labute approximate surface area is 122 Å². The molecule has 0 aromatic heterocycles. The molecule has 0 aliphatic heterocycles. The van der Waals surface area contributed by atoms with E-state index in [-0.39, 0.29) is 13.0 Å². The first-order chi connectivity index (χ1) is 9.72. The third-order valence-electron chi connectivity index (χ3n) is 3.19. The highest BCUT2D eigenvalue weighted by atomic mass is 16.6. The lowest BCUT2D eigenvalue weighted by Crippen LogP contribution is -2.57. The van der Waals surface area contributed by atoms with Crippen molar-refractivity contribution in [1.29, 1.82) is 0 Å². The highest BCUT2D eigenvalue weighted by Gasteiger charge is 2.47. The molecule has 0 amide bonds. The second kappa shape index (κ2) is 7.37. The van der Waals surface area contributed by atoms with Crippen LogP contribution in [0, 0.1) is 5.92 Å². The number of carbonyl (C=O) groups excluding carboxylic acids is 3. The molecule has 1 rings (SSSR count). The van der Waals surface area contributed by atoms with Crippen molar-refractivity contribution in [3.63, 3.8) is 0 Å². The molecule has 0 bridgehead atoms. The Morgan fingerprint density at radius 3 is 2.00 bits per heavy atom. The summed E-state index contributed by atoms with van der Waals surface area (Å²) in [5.41, 5.74) is 0. The second-order valence-electron chi connectivity index (χ2n) is 5.00. The van der Waals surface area contributed by atoms with Crippen LogP contribution in [0.15, 0.2) is 0 Å². The van der Waals surface area contributed by atoms with Gasteiger partial charge in [-0.2, -0.15) is 0 Å². The van der Waals surface area contributed by atoms with Gasteiger partial charge in [-0.05, 0) is 6.42 Å². The predicted molar refractivity (Wildman–Crippen MR) is 67.9 cm³/mol. The van der Waals surface area contributed by atoms with Crippen molar-refractivity contribution >= 4 is 17.9 Å². The third kappa shape index (κ3) is 4.98. The lowest BCUT2D eigenvalue weighted by Gasteiger charge is -2.41. The minimum atomic E-state index is -1.44. The van der Waals surface area contributed by atoms with E-state index in [1.807, 2.05) is 0 Å². The number of aliphatic hydroxyl groups is 2. The number of carbonyl (C=O) groups is 3. The van der Waals surface area contributed by atoms with Gasteiger partial charge in [0, 0.05) is 26.7 Å². The second-order valence-corrected chi connectivity index (χ2v) is 5.00. The molecule has 2 N–H and O–H groups in total. The van der Waals surface area contributed by atoms with Crippen LogP contribution in [0.25, 0.3) is 0 Å². The van der Waals surface area contributed by atoms with Crippen LogP contribution in [-0.4, -0.2) is 59.1 Å². The summed E-state index contributed by atoms with van der Waals surface area (Å²) in [5.74, 6) is -2.35. The van der Waals surface area contributed by atoms with Crippen molar-refractivity contribution in [3.8, 4) is 0 Å². The van der Waals surface area contributed by atoms with Gasteiger partial charge >= 0.3 is 17.9 Å². The van der Waals surface area contributed by atoms with Crippen molar-refractivity contribution in [2.45, 2.75) is 51.6 Å². The van der Waals surface area contributed by atoms with Gasteiger partial charge in [-0.3, -0.25) is 14.4 Å². The maximum Gasteiger partial charge on any atom is 0.303 e. The highest BCUT2D eigenvalue weighted by molar-refractivity contribution is 5.67. The lowest BCUT2D eigenvalue weighted by atomic mass is 9.81. The van der Waals surface area contributed by atoms with Gasteiger partial charge in [0.2, 0.25) is 0 Å². The summed E-state index contributed by atoms with van der Waals surface area (Å²) < 4.78 is 14.8. The van der Waals surface area contributed by atoms with Crippen LogP contribution in [0.3, 0.4) is 0 Å². The van der Waals surface area contributed by atoms with Crippen LogP contribution >= 0.6 is 0 Å². The first-order valence-electron chi connectivity index (χ1n) is 6.56. The van der Waals surface area contributed by atoms with Gasteiger partial charge < -0.3 is 24.4 Å². The molecule has 0 aromatic rings. The summed E-state index contributed by atoms with van der Waals surface area (Å²) in [6.07, 6.45) is -4.71. The average molecular weight is 304 g/mol. The Balaban J connectivity index is 2.86. The van der Waals surface area contributed by atoms with E-state index in [4.69, 9.17) is 14.2 Å². The normalized spacial score (nSPS) is 32.1. The smallest absolute Gasteiger partial charge is 0.303 e. The van der Waals surface area contributed by atoms with Crippen LogP contribution in [0.5, 0.6) is 0 Å². The van der Waals surface area contributed by atoms with Crippen molar-refractivity contribution < 1.29 is 38.8 Å². The maximum absolute atomic E-state index is 11.1. The van der Waals surface area contributed by atoms with E-state index in [1.165, 1.54) is 20.8 Å². The standard InChI is InChI=1S/C13H20O8/c1-6(14)19-5-9-4-10(20-7(2)15)11(17)12(18)13(9)21-8(3)16/h9-13,17-18H,4-5H2,1-3H3/t9?,10?,11-,12?,13+/m1/s1. The maximum atomic E-state index is 11.1. The molecule has 0 saturated heterocycles. The molecular formula is C13H20O8. The fourth-order valence-corrected chi connectivity index (χ4v) is 2.34. The number of hydrogen-bond donors (Lipinski definition) is 2. The van der Waals surface area contributed by atoms with Gasteiger partial charge in [0.05, 0.1) is 6.61 Å². The molecule has 3 unspecified atom stereocenters. The van der Waals surface area contributed by atoms with E-state index in [1.54, 1.807) is 0 Å². The molecule has 8 nitrogen and oxygen atoms in total. The molecule has 1 aliphatic carbocycles. The zero-order chi connectivity index (χ0) is 16.2. The monoisotopic (exact) mass is 304 g/mol. The van der Waals surface area contributed by atoms with Gasteiger partial charge in [-0.25, -0.2) is 0 Å². The average Bonchev–Trinajstić information content (AvgIpc) is 2.35. The molecule has 1 fully saturated rings. The number of hydrogen-bond acceptors (Lipinski definition) is 8. The minimum Gasteiger partial charge on any atom is -0.465 e. The number of rotatable bonds is 4. The van der Waals surface area contributed by atoms with Gasteiger partial charge in [-0.1, -0.05) is 0 Å². The Kier molecular flexibility index (Phi) is 6.10. The topological polar surface area (TPSA) is 119 Å². The van der Waals surface area contributed by atoms with Gasteiger partial charge in [0.15, 0.2) is 0 Å². The predicted octanol–water partition coefficient (Wildman–Crippen LogP) is -0.845. The summed E-state index contributed by atoms with van der Waals surface area (Å²) >= 11 is 0. The molecule has 1 saturated carbocycles. The van der Waals surface area contributed by atoms with Crippen LogP contribution in [-0.2, 0) is 28.6 Å². The summed E-state index contributed by atoms with van der Waals surface area (Å²) in [7, 11) is 0. The lowest BCUT2D eigenvalue weighted by molar-refractivity contribution is -0.202. The van der Waals surface area contributed by atoms with Crippen LogP contribution in [0.2, 0.25) is 0 Å². The van der Waals surface area contributed by atoms with Gasteiger partial charge in [0.1, 0.15) is 24.4 Å². The van der Waals surface area contributed by atoms with Gasteiger partial charge in [-0.15, -0.1) is 0 Å². The molecule has 120 valence electrons. The minimum absolute atomic E-state index is 0.100. The Bertz CT molecular complexity index is 407. The summed E-state index contributed by atoms with van der Waals surface area (Å²) in [4.78, 5) is 33.0. The largest absolute Gasteiger partial charge is 0.465 e. The Morgan fingerprint density at radius 2 is 1.52 bits per heavy atom. The summed E-state index contributed by atoms with van der Waals surface area (Å²) in [5, 5.41) is 20.0. The van der Waals surface area contributed by atoms with E-state index < -0.39 is 48.2 Å². The molecular weight excluding hydrogens is 284 g/mol. The van der Waals surface area contributed by atoms with Crippen LogP contribution < -0.4 is 0 Å². The Morgan fingerprint density at radius 1 is 0.952 bits per heavy atom. The van der Waals surface area contributed by atoms with E-state index >= 15 is 0 Å². The number of aliphatic hydroxyl groups excluding tert-OH is 2. The van der Waals surface area contributed by atoms with E-state index in [2.05, 4.69) is 0 Å². The van der Waals surface area contributed by atoms with E-state index in [9.17, 15) is 24.6 Å². The molecule has 0 heterocycles. The molecule has 1 aliphatic rings. The fraction of sp³-hybridized carbons (Fsp3) is 0.769. The first-order valence-corrected chi connectivity index (χ1v) is 6.56. The number of esters is 3. The SMILES string of the molecule is CC(=O)OCC1CC(OC(C)=O)[C@@H](O)C(O)[C@H]1OC(C)=O. The third-order valence-corrected chi connectivity index (χ3v) is 3.19. The molecule has 0 radical (unpaired) electrons. The van der Waals surface area contributed by atoms with Crippen LogP contribution in [0.4, 0.5) is 0 Å². The zero-order valence-corrected chi connectivity index (χ0v) is 12.1. The molecule has 0 aromatic carbocycles. The number of ether oxygens (including phenoxy) is 3. The molecule has 5 atom stereocenters. The van der Waals surface area contributed by atoms with Crippen molar-refractivity contribution in [2.24, 2.45) is 5.92 Å². The van der Waals surface area contributed by atoms with E-state index in [0.29, 0.717) is 0 Å². The van der Waals surface area contributed by atoms with Crippen molar-refractivity contribution in [3.05, 3.63) is 0 Å². The first kappa shape index (κ1) is 17.4. The van der Waals surface area contributed by atoms with Gasteiger partial charge in [0.25, 0.3) is 0 Å². The van der Waals surface area contributed by atoms with Crippen molar-refractivity contribution in [1.82, 2.24) is 0 Å². The summed E-state index contributed by atoms with van der Waals surface area (Å²) in [6, 6.07) is 0. The fourth-order valence-electron chi connectivity index (χ4n) is 2.34.